The molecule has 2 rings (SSSR count). The average molecular weight is 441 g/mol. The van der Waals surface area contributed by atoms with E-state index >= 15 is 0 Å². The van der Waals surface area contributed by atoms with Crippen molar-refractivity contribution in [3.63, 3.8) is 0 Å². The Morgan fingerprint density at radius 2 is 1.75 bits per heavy atom. The zero-order chi connectivity index (χ0) is 23.7. The van der Waals surface area contributed by atoms with Crippen LogP contribution in [0.25, 0.3) is 0 Å². The first-order valence-electron chi connectivity index (χ1n) is 11.1. The number of nitrogens with one attached hydrogen (secondary N) is 1. The van der Waals surface area contributed by atoms with Crippen LogP contribution in [0.4, 0.5) is 0 Å². The number of hydrogen-bond acceptors (Lipinski definition) is 4. The Kier molecular flexibility index (Phi) is 9.12. The first kappa shape index (κ1) is 25.2. The van der Waals surface area contributed by atoms with Gasteiger partial charge in [0, 0.05) is 13.1 Å². The van der Waals surface area contributed by atoms with E-state index in [1.165, 1.54) is 5.56 Å². The summed E-state index contributed by atoms with van der Waals surface area (Å²) in [5.41, 5.74) is 2.11. The Hall–Kier alpha value is -3.02. The molecule has 0 aliphatic heterocycles. The van der Waals surface area contributed by atoms with Crippen LogP contribution >= 0.6 is 0 Å². The van der Waals surface area contributed by atoms with E-state index in [9.17, 15) is 9.59 Å². The summed E-state index contributed by atoms with van der Waals surface area (Å²) < 4.78 is 11.1. The standard InChI is InChI=1S/C26H36N2O4/c1-7-15-27-25(30)19(2)28(17-20-9-8-10-23(16-20)31-6)24(29)18-32-22-13-11-21(12-14-22)26(3,4)5/h8-14,16,19H,7,15,17-18H2,1-6H3,(H,27,30). The van der Waals surface area contributed by atoms with Crippen LogP contribution in [0, 0.1) is 0 Å². The second-order valence-corrected chi connectivity index (χ2v) is 8.90. The van der Waals surface area contributed by atoms with Gasteiger partial charge in [-0.25, -0.2) is 0 Å². The number of rotatable bonds is 10. The van der Waals surface area contributed by atoms with Gasteiger partial charge in [-0.2, -0.15) is 0 Å². The summed E-state index contributed by atoms with van der Waals surface area (Å²) in [6.45, 7) is 10.9. The Balaban J connectivity index is 2.14. The van der Waals surface area contributed by atoms with E-state index in [1.54, 1.807) is 18.9 Å². The molecule has 0 saturated heterocycles. The van der Waals surface area contributed by atoms with Crippen LogP contribution in [-0.2, 0) is 21.5 Å². The number of methoxy groups -OCH3 is 1. The molecule has 32 heavy (non-hydrogen) atoms. The third-order valence-corrected chi connectivity index (χ3v) is 5.29. The van der Waals surface area contributed by atoms with E-state index in [0.29, 0.717) is 18.0 Å². The molecule has 2 aromatic carbocycles. The second kappa shape index (κ2) is 11.6. The Bertz CT molecular complexity index is 887. The molecule has 0 aromatic heterocycles. The zero-order valence-corrected chi connectivity index (χ0v) is 20.1. The largest absolute Gasteiger partial charge is 0.497 e. The maximum atomic E-state index is 13.1. The molecule has 6 heteroatoms. The predicted molar refractivity (Wildman–Crippen MR) is 127 cm³/mol. The Morgan fingerprint density at radius 1 is 1.06 bits per heavy atom. The molecule has 0 radical (unpaired) electrons. The quantitative estimate of drug-likeness (QED) is 0.598. The van der Waals surface area contributed by atoms with Gasteiger partial charge in [0.1, 0.15) is 17.5 Å². The monoisotopic (exact) mass is 440 g/mol. The Labute approximate surface area is 191 Å². The van der Waals surface area contributed by atoms with Crippen LogP contribution in [0.15, 0.2) is 48.5 Å². The van der Waals surface area contributed by atoms with Crippen molar-refractivity contribution in [2.24, 2.45) is 0 Å². The van der Waals surface area contributed by atoms with E-state index in [4.69, 9.17) is 9.47 Å². The molecule has 0 fully saturated rings. The van der Waals surface area contributed by atoms with Crippen LogP contribution in [-0.4, -0.2) is 43.0 Å². The molecule has 1 N–H and O–H groups in total. The molecule has 0 aliphatic rings. The van der Waals surface area contributed by atoms with E-state index in [0.717, 1.165) is 12.0 Å². The van der Waals surface area contributed by atoms with Gasteiger partial charge in [0.15, 0.2) is 6.61 Å². The zero-order valence-electron chi connectivity index (χ0n) is 20.1. The summed E-state index contributed by atoms with van der Waals surface area (Å²) >= 11 is 0. The van der Waals surface area contributed by atoms with Gasteiger partial charge >= 0.3 is 0 Å². The molecule has 2 amide bonds. The number of ether oxygens (including phenoxy) is 2. The van der Waals surface area contributed by atoms with Gasteiger partial charge in [0.25, 0.3) is 5.91 Å². The van der Waals surface area contributed by atoms with Crippen LogP contribution in [0.5, 0.6) is 11.5 Å². The van der Waals surface area contributed by atoms with Gasteiger partial charge in [-0.1, -0.05) is 52.0 Å². The molecule has 0 spiro atoms. The summed E-state index contributed by atoms with van der Waals surface area (Å²) in [6.07, 6.45) is 0.829. The van der Waals surface area contributed by atoms with E-state index < -0.39 is 6.04 Å². The minimum atomic E-state index is -0.632. The molecule has 0 heterocycles. The second-order valence-electron chi connectivity index (χ2n) is 8.90. The first-order valence-corrected chi connectivity index (χ1v) is 11.1. The summed E-state index contributed by atoms with van der Waals surface area (Å²) in [5.74, 6) is 0.883. The number of nitrogens with zero attached hydrogens (tertiary/aromatic N) is 1. The van der Waals surface area contributed by atoms with Gasteiger partial charge in [0.05, 0.1) is 7.11 Å². The summed E-state index contributed by atoms with van der Waals surface area (Å²) in [6, 6.07) is 14.6. The van der Waals surface area contributed by atoms with Gasteiger partial charge in [-0.05, 0) is 54.2 Å². The van der Waals surface area contributed by atoms with E-state index in [2.05, 4.69) is 26.1 Å². The van der Waals surface area contributed by atoms with Gasteiger partial charge in [-0.15, -0.1) is 0 Å². The molecule has 174 valence electrons. The third-order valence-electron chi connectivity index (χ3n) is 5.29. The predicted octanol–water partition coefficient (Wildman–Crippen LogP) is 4.32. The molecule has 0 aliphatic carbocycles. The lowest BCUT2D eigenvalue weighted by atomic mass is 9.87. The highest BCUT2D eigenvalue weighted by atomic mass is 16.5. The molecular weight excluding hydrogens is 404 g/mol. The maximum Gasteiger partial charge on any atom is 0.261 e. The van der Waals surface area contributed by atoms with Crippen molar-refractivity contribution in [3.8, 4) is 11.5 Å². The number of carbonyl (C=O) groups is 2. The van der Waals surface area contributed by atoms with Gasteiger partial charge < -0.3 is 19.7 Å². The molecule has 0 bridgehead atoms. The van der Waals surface area contributed by atoms with Crippen LogP contribution in [0.3, 0.4) is 0 Å². The number of benzene rings is 2. The van der Waals surface area contributed by atoms with Crippen LogP contribution in [0.2, 0.25) is 0 Å². The third kappa shape index (κ3) is 7.29. The fourth-order valence-electron chi connectivity index (χ4n) is 3.23. The Morgan fingerprint density at radius 3 is 2.34 bits per heavy atom. The SMILES string of the molecule is CCCNC(=O)C(C)N(Cc1cccc(OC)c1)C(=O)COc1ccc(C(C)(C)C)cc1. The van der Waals surface area contributed by atoms with Crippen LogP contribution in [0.1, 0.15) is 52.2 Å². The molecule has 6 nitrogen and oxygen atoms in total. The van der Waals surface area contributed by atoms with Crippen molar-refractivity contribution in [1.29, 1.82) is 0 Å². The first-order chi connectivity index (χ1) is 15.2. The fourth-order valence-corrected chi connectivity index (χ4v) is 3.23. The maximum absolute atomic E-state index is 13.1. The topological polar surface area (TPSA) is 67.9 Å². The highest BCUT2D eigenvalue weighted by Gasteiger charge is 2.26. The minimum absolute atomic E-state index is 0.0448. The van der Waals surface area contributed by atoms with Crippen molar-refractivity contribution in [3.05, 3.63) is 59.7 Å². The lowest BCUT2D eigenvalue weighted by Gasteiger charge is -2.29. The molecule has 1 atom stereocenters. The van der Waals surface area contributed by atoms with Crippen LogP contribution < -0.4 is 14.8 Å². The smallest absolute Gasteiger partial charge is 0.261 e. The lowest BCUT2D eigenvalue weighted by Crippen LogP contribution is -2.49. The normalized spacial score (nSPS) is 12.1. The fraction of sp³-hybridized carbons (Fsp3) is 0.462. The van der Waals surface area contributed by atoms with Crippen molar-refractivity contribution < 1.29 is 19.1 Å². The van der Waals surface area contributed by atoms with Crippen molar-refractivity contribution in [1.82, 2.24) is 10.2 Å². The summed E-state index contributed by atoms with van der Waals surface area (Å²) in [5, 5.41) is 2.87. The van der Waals surface area contributed by atoms with Gasteiger partial charge in [0.2, 0.25) is 5.91 Å². The number of carbonyl (C=O) groups excluding carboxylic acids is 2. The number of amides is 2. The molecule has 0 saturated carbocycles. The molecular formula is C26H36N2O4. The average Bonchev–Trinajstić information content (AvgIpc) is 2.78. The summed E-state index contributed by atoms with van der Waals surface area (Å²) in [7, 11) is 1.60. The van der Waals surface area contributed by atoms with Crippen molar-refractivity contribution in [2.75, 3.05) is 20.3 Å². The van der Waals surface area contributed by atoms with Crippen molar-refractivity contribution >= 4 is 11.8 Å². The highest BCUT2D eigenvalue weighted by Crippen LogP contribution is 2.24. The minimum Gasteiger partial charge on any atom is -0.497 e. The molecule has 1 unspecified atom stereocenters. The van der Waals surface area contributed by atoms with E-state index in [-0.39, 0.29) is 30.4 Å². The summed E-state index contributed by atoms with van der Waals surface area (Å²) in [4.78, 5) is 27.3. The lowest BCUT2D eigenvalue weighted by molar-refractivity contribution is -0.142. The van der Waals surface area contributed by atoms with Gasteiger partial charge in [-0.3, -0.25) is 9.59 Å². The number of hydrogen-bond donors (Lipinski definition) is 1. The van der Waals surface area contributed by atoms with Crippen molar-refractivity contribution in [2.45, 2.75) is 59.0 Å². The highest BCUT2D eigenvalue weighted by molar-refractivity contribution is 5.87. The van der Waals surface area contributed by atoms with E-state index in [1.807, 2.05) is 55.5 Å². The molecule has 2 aromatic rings.